The maximum atomic E-state index is 11.6. The third-order valence-corrected chi connectivity index (χ3v) is 3.97. The molecule has 1 fully saturated rings. The summed E-state index contributed by atoms with van der Waals surface area (Å²) in [5.41, 5.74) is 0.0619. The van der Waals surface area contributed by atoms with E-state index in [0.29, 0.717) is 4.91 Å². The summed E-state index contributed by atoms with van der Waals surface area (Å²) < 4.78 is 0. The van der Waals surface area contributed by atoms with Crippen LogP contribution in [-0.4, -0.2) is 38.5 Å². The maximum absolute atomic E-state index is 11.6. The van der Waals surface area contributed by atoms with E-state index >= 15 is 0 Å². The van der Waals surface area contributed by atoms with Crippen LogP contribution >= 0.6 is 11.8 Å². The van der Waals surface area contributed by atoms with E-state index in [4.69, 9.17) is 5.11 Å². The molecule has 2 aliphatic rings. The molecule has 6 heteroatoms. The predicted octanol–water partition coefficient (Wildman–Crippen LogP) is 0.215. The molecule has 2 unspecified atom stereocenters. The molecule has 1 amide bonds. The number of hydrogen-bond donors (Lipinski definition) is 2. The number of allylic oxidation sites excluding steroid dienone is 1. The number of amides is 1. The summed E-state index contributed by atoms with van der Waals surface area (Å²) in [5.74, 6) is -1.85. The number of rotatable bonds is 2. The van der Waals surface area contributed by atoms with Crippen molar-refractivity contribution in [3.05, 3.63) is 10.6 Å². The van der Waals surface area contributed by atoms with Gasteiger partial charge in [-0.15, -0.1) is 11.8 Å². The van der Waals surface area contributed by atoms with E-state index in [0.717, 1.165) is 0 Å². The number of carboxylic acid groups (broad SMARTS) is 1. The highest BCUT2D eigenvalue weighted by Gasteiger charge is 2.56. The lowest BCUT2D eigenvalue weighted by molar-refractivity contribution is -0.156. The Labute approximate surface area is 90.8 Å². The molecular formula is C9H11NO4S. The van der Waals surface area contributed by atoms with Crippen molar-refractivity contribution >= 4 is 23.6 Å². The van der Waals surface area contributed by atoms with Gasteiger partial charge in [-0.1, -0.05) is 0 Å². The minimum atomic E-state index is -1.08. The minimum absolute atomic E-state index is 0.0619. The fourth-order valence-electron chi connectivity index (χ4n) is 1.95. The van der Waals surface area contributed by atoms with Gasteiger partial charge in [0.05, 0.1) is 12.0 Å². The zero-order chi connectivity index (χ0) is 11.3. The number of thioether (sulfide) groups is 1. The molecule has 0 radical (unpaired) electrons. The molecule has 2 N–H and O–H groups in total. The SMILES string of the molecule is CC1=C(C(=O)O)N2C(=O)C(C(C)O)[C@@H]2S1. The second-order valence-corrected chi connectivity index (χ2v) is 5.02. The molecule has 0 aromatic carbocycles. The zero-order valence-corrected chi connectivity index (χ0v) is 9.11. The number of fused-ring (bicyclic) bond motifs is 1. The monoisotopic (exact) mass is 229 g/mol. The third kappa shape index (κ3) is 1.28. The Morgan fingerprint density at radius 2 is 2.20 bits per heavy atom. The van der Waals surface area contributed by atoms with E-state index in [9.17, 15) is 14.7 Å². The van der Waals surface area contributed by atoms with Crippen molar-refractivity contribution in [1.82, 2.24) is 4.90 Å². The van der Waals surface area contributed by atoms with E-state index < -0.39 is 18.0 Å². The maximum Gasteiger partial charge on any atom is 0.353 e. The Kier molecular flexibility index (Phi) is 2.27. The van der Waals surface area contributed by atoms with Crippen LogP contribution in [0.25, 0.3) is 0 Å². The summed E-state index contributed by atoms with van der Waals surface area (Å²) in [5, 5.41) is 18.1. The van der Waals surface area contributed by atoms with Crippen LogP contribution in [0, 0.1) is 5.92 Å². The van der Waals surface area contributed by atoms with Crippen LogP contribution in [0.4, 0.5) is 0 Å². The minimum Gasteiger partial charge on any atom is -0.477 e. The van der Waals surface area contributed by atoms with Gasteiger partial charge in [0.1, 0.15) is 11.1 Å². The van der Waals surface area contributed by atoms with Crippen LogP contribution in [0.15, 0.2) is 10.6 Å². The number of aliphatic carboxylic acids is 1. The molecular weight excluding hydrogens is 218 g/mol. The van der Waals surface area contributed by atoms with Crippen molar-refractivity contribution in [3.63, 3.8) is 0 Å². The smallest absolute Gasteiger partial charge is 0.353 e. The Morgan fingerprint density at radius 3 is 2.67 bits per heavy atom. The number of carbonyl (C=O) groups is 2. The Hall–Kier alpha value is -1.01. The van der Waals surface area contributed by atoms with E-state index in [1.807, 2.05) is 0 Å². The predicted molar refractivity (Wildman–Crippen MR) is 53.7 cm³/mol. The van der Waals surface area contributed by atoms with Crippen molar-refractivity contribution in [2.45, 2.75) is 25.3 Å². The van der Waals surface area contributed by atoms with Crippen LogP contribution < -0.4 is 0 Å². The van der Waals surface area contributed by atoms with Gasteiger partial charge in [-0.05, 0) is 13.8 Å². The summed E-state index contributed by atoms with van der Waals surface area (Å²) >= 11 is 1.34. The first-order valence-corrected chi connectivity index (χ1v) is 5.45. The first-order chi connectivity index (χ1) is 6.95. The number of carbonyl (C=O) groups excluding carboxylic acids is 1. The molecule has 3 atom stereocenters. The third-order valence-electron chi connectivity index (χ3n) is 2.68. The molecule has 2 aliphatic heterocycles. The van der Waals surface area contributed by atoms with Crippen LogP contribution in [-0.2, 0) is 9.59 Å². The lowest BCUT2D eigenvalue weighted by Crippen LogP contribution is -2.60. The summed E-state index contributed by atoms with van der Waals surface area (Å²) in [4.78, 5) is 24.4. The van der Waals surface area contributed by atoms with Crippen LogP contribution in [0.3, 0.4) is 0 Å². The van der Waals surface area contributed by atoms with Gasteiger partial charge in [-0.25, -0.2) is 4.79 Å². The fraction of sp³-hybridized carbons (Fsp3) is 0.556. The van der Waals surface area contributed by atoms with Gasteiger partial charge in [0, 0.05) is 4.91 Å². The molecule has 1 saturated heterocycles. The van der Waals surface area contributed by atoms with E-state index in [2.05, 4.69) is 0 Å². The molecule has 15 heavy (non-hydrogen) atoms. The van der Waals surface area contributed by atoms with Gasteiger partial charge in [-0.2, -0.15) is 0 Å². The second-order valence-electron chi connectivity index (χ2n) is 3.69. The highest BCUT2D eigenvalue weighted by Crippen LogP contribution is 2.49. The van der Waals surface area contributed by atoms with Crippen molar-refractivity contribution in [2.75, 3.05) is 0 Å². The number of aliphatic hydroxyl groups is 1. The number of aliphatic hydroxyl groups excluding tert-OH is 1. The fourth-order valence-corrected chi connectivity index (χ4v) is 3.42. The number of nitrogens with zero attached hydrogens (tertiary/aromatic N) is 1. The van der Waals surface area contributed by atoms with Gasteiger partial charge in [0.2, 0.25) is 5.91 Å². The molecule has 0 bridgehead atoms. The van der Waals surface area contributed by atoms with Crippen molar-refractivity contribution < 1.29 is 19.8 Å². The average Bonchev–Trinajstić information content (AvgIpc) is 2.38. The molecule has 2 rings (SSSR count). The molecule has 82 valence electrons. The molecule has 0 spiro atoms. The van der Waals surface area contributed by atoms with E-state index in [-0.39, 0.29) is 17.0 Å². The summed E-state index contributed by atoms with van der Waals surface area (Å²) in [6.07, 6.45) is -0.729. The number of hydrogen-bond acceptors (Lipinski definition) is 4. The van der Waals surface area contributed by atoms with Gasteiger partial charge in [0.15, 0.2) is 0 Å². The van der Waals surface area contributed by atoms with Crippen LogP contribution in [0.5, 0.6) is 0 Å². The molecule has 0 aromatic rings. The number of carboxylic acids is 1. The Balaban J connectivity index is 2.27. The molecule has 0 aliphatic carbocycles. The second kappa shape index (κ2) is 3.24. The molecule has 0 aromatic heterocycles. The van der Waals surface area contributed by atoms with Gasteiger partial charge < -0.3 is 10.2 Å². The van der Waals surface area contributed by atoms with Crippen molar-refractivity contribution in [3.8, 4) is 0 Å². The highest BCUT2D eigenvalue weighted by atomic mass is 32.2. The number of β-lactam (4-membered cyclic amide) rings is 1. The van der Waals surface area contributed by atoms with Crippen LogP contribution in [0.1, 0.15) is 13.8 Å². The van der Waals surface area contributed by atoms with Gasteiger partial charge >= 0.3 is 5.97 Å². The van der Waals surface area contributed by atoms with Crippen molar-refractivity contribution in [1.29, 1.82) is 0 Å². The van der Waals surface area contributed by atoms with E-state index in [1.54, 1.807) is 13.8 Å². The first-order valence-electron chi connectivity index (χ1n) is 4.57. The summed E-state index contributed by atoms with van der Waals surface area (Å²) in [6.45, 7) is 3.23. The highest BCUT2D eigenvalue weighted by molar-refractivity contribution is 8.04. The topological polar surface area (TPSA) is 77.8 Å². The average molecular weight is 229 g/mol. The summed E-state index contributed by atoms with van der Waals surface area (Å²) in [7, 11) is 0. The standard InChI is InChI=1S/C9H11NO4S/c1-3(11)5-7(12)10-6(9(13)14)4(2)15-8(5)10/h3,5,8,11H,1-2H3,(H,13,14)/t3?,5?,8-/m0/s1. The summed E-state index contributed by atoms with van der Waals surface area (Å²) in [6, 6.07) is 0. The van der Waals surface area contributed by atoms with E-state index in [1.165, 1.54) is 16.7 Å². The largest absolute Gasteiger partial charge is 0.477 e. The normalized spacial score (nSPS) is 31.4. The van der Waals surface area contributed by atoms with Crippen LogP contribution in [0.2, 0.25) is 0 Å². The molecule has 0 saturated carbocycles. The first kappa shape index (κ1) is 10.5. The zero-order valence-electron chi connectivity index (χ0n) is 8.30. The Morgan fingerprint density at radius 1 is 1.60 bits per heavy atom. The van der Waals surface area contributed by atoms with Crippen molar-refractivity contribution in [2.24, 2.45) is 5.92 Å². The lowest BCUT2D eigenvalue weighted by atomic mass is 9.92. The van der Waals surface area contributed by atoms with Gasteiger partial charge in [-0.3, -0.25) is 9.69 Å². The molecule has 2 heterocycles. The Bertz CT molecular complexity index is 376. The quantitative estimate of drug-likeness (QED) is 0.662. The van der Waals surface area contributed by atoms with Gasteiger partial charge in [0.25, 0.3) is 0 Å². The molecule has 5 nitrogen and oxygen atoms in total. The lowest BCUT2D eigenvalue weighted by Gasteiger charge is -2.43.